The van der Waals surface area contributed by atoms with Crippen LogP contribution in [-0.4, -0.2) is 31.2 Å². The number of aromatic nitrogens is 2. The summed E-state index contributed by atoms with van der Waals surface area (Å²) >= 11 is 0. The van der Waals surface area contributed by atoms with Gasteiger partial charge in [0.1, 0.15) is 5.56 Å². The number of rotatable bonds is 6. The largest absolute Gasteiger partial charge is 0.348 e. The van der Waals surface area contributed by atoms with Crippen molar-refractivity contribution in [3.05, 3.63) is 77.0 Å². The lowest BCUT2D eigenvalue weighted by atomic mass is 10.1. The number of nitrogens with zero attached hydrogens (tertiary/aromatic N) is 3. The summed E-state index contributed by atoms with van der Waals surface area (Å²) in [6.07, 6.45) is 1.38. The van der Waals surface area contributed by atoms with Crippen molar-refractivity contribution in [3.8, 4) is 0 Å². The van der Waals surface area contributed by atoms with E-state index in [2.05, 4.69) is 10.4 Å². The van der Waals surface area contributed by atoms with E-state index >= 15 is 0 Å². The van der Waals surface area contributed by atoms with Crippen LogP contribution >= 0.6 is 0 Å². The highest BCUT2D eigenvalue weighted by Crippen LogP contribution is 2.25. The minimum absolute atomic E-state index is 0.151. The zero-order chi connectivity index (χ0) is 21.2. The number of hydrogen-bond donors (Lipinski definition) is 1. The van der Waals surface area contributed by atoms with Gasteiger partial charge in [0, 0.05) is 20.6 Å². The molecule has 1 N–H and O–H groups in total. The Hall–Kier alpha value is -3.13. The molecule has 8 heteroatoms. The molecule has 1 aromatic heterocycles. The van der Waals surface area contributed by atoms with Crippen molar-refractivity contribution in [2.45, 2.75) is 25.3 Å². The second-order valence-corrected chi connectivity index (χ2v) is 8.93. The van der Waals surface area contributed by atoms with E-state index in [0.29, 0.717) is 6.54 Å². The van der Waals surface area contributed by atoms with Crippen LogP contribution < -0.4 is 9.62 Å². The van der Waals surface area contributed by atoms with Gasteiger partial charge < -0.3 is 5.32 Å². The van der Waals surface area contributed by atoms with Gasteiger partial charge in [-0.2, -0.15) is 5.10 Å². The molecule has 0 aliphatic carbocycles. The summed E-state index contributed by atoms with van der Waals surface area (Å²) in [5, 5.41) is 6.92. The smallest absolute Gasteiger partial charge is 0.265 e. The maximum absolute atomic E-state index is 13.0. The zero-order valence-corrected chi connectivity index (χ0v) is 17.7. The molecule has 0 bridgehead atoms. The van der Waals surface area contributed by atoms with Crippen molar-refractivity contribution in [2.24, 2.45) is 7.05 Å². The number of anilines is 1. The molecule has 152 valence electrons. The molecule has 29 heavy (non-hydrogen) atoms. The molecule has 2 aromatic carbocycles. The maximum Gasteiger partial charge on any atom is 0.265 e. The molecule has 1 amide bonds. The third-order valence-electron chi connectivity index (χ3n) is 4.70. The molecule has 1 heterocycles. The quantitative estimate of drug-likeness (QED) is 0.675. The van der Waals surface area contributed by atoms with E-state index in [1.165, 1.54) is 17.9 Å². The molecule has 0 saturated heterocycles. The van der Waals surface area contributed by atoms with Crippen molar-refractivity contribution in [1.82, 2.24) is 15.1 Å². The topological polar surface area (TPSA) is 84.3 Å². The molecule has 0 atom stereocenters. The summed E-state index contributed by atoms with van der Waals surface area (Å²) in [4.78, 5) is 12.9. The molecular weight excluding hydrogens is 388 g/mol. The van der Waals surface area contributed by atoms with Gasteiger partial charge in [-0.15, -0.1) is 0 Å². The highest BCUT2D eigenvalue weighted by molar-refractivity contribution is 7.92. The van der Waals surface area contributed by atoms with Crippen LogP contribution in [0.25, 0.3) is 0 Å². The maximum atomic E-state index is 13.0. The van der Waals surface area contributed by atoms with Crippen LogP contribution in [0.5, 0.6) is 0 Å². The summed E-state index contributed by atoms with van der Waals surface area (Å²) in [5.74, 6) is -0.188. The second kappa shape index (κ2) is 8.08. The fourth-order valence-corrected chi connectivity index (χ4v) is 4.17. The van der Waals surface area contributed by atoms with Crippen molar-refractivity contribution in [2.75, 3.05) is 11.4 Å². The average molecular weight is 413 g/mol. The summed E-state index contributed by atoms with van der Waals surface area (Å²) in [6.45, 7) is 4.22. The van der Waals surface area contributed by atoms with Gasteiger partial charge in [0.25, 0.3) is 15.9 Å². The molecular formula is C21H24N4O3S. The summed E-state index contributed by atoms with van der Waals surface area (Å²) in [5.41, 5.74) is 3.24. The first-order chi connectivity index (χ1) is 13.7. The fraction of sp³-hybridized carbons (Fsp3) is 0.238. The van der Waals surface area contributed by atoms with Gasteiger partial charge in [0.05, 0.1) is 11.1 Å². The van der Waals surface area contributed by atoms with E-state index in [1.807, 2.05) is 38.1 Å². The first kappa shape index (κ1) is 20.6. The predicted octanol–water partition coefficient (Wildman–Crippen LogP) is 2.79. The standard InChI is InChI=1S/C21H24N4O3S/c1-15-5-9-17(10-6-15)13-22-20(26)19-14-23-24(3)21(19)25(4)29(27,28)18-11-7-16(2)8-12-18/h5-12,14H,13H2,1-4H3,(H,22,26). The Labute approximate surface area is 171 Å². The summed E-state index contributed by atoms with van der Waals surface area (Å²) in [6, 6.07) is 14.4. The van der Waals surface area contributed by atoms with Gasteiger partial charge in [-0.25, -0.2) is 8.42 Å². The Balaban J connectivity index is 1.85. The van der Waals surface area contributed by atoms with Gasteiger partial charge in [-0.05, 0) is 31.5 Å². The number of aryl methyl sites for hydroxylation is 3. The van der Waals surface area contributed by atoms with E-state index in [9.17, 15) is 13.2 Å². The second-order valence-electron chi connectivity index (χ2n) is 6.96. The summed E-state index contributed by atoms with van der Waals surface area (Å²) < 4.78 is 28.5. The third-order valence-corrected chi connectivity index (χ3v) is 6.47. The average Bonchev–Trinajstić information content (AvgIpc) is 3.08. The molecule has 3 aromatic rings. The molecule has 0 aliphatic rings. The third kappa shape index (κ3) is 4.32. The molecule has 0 aliphatic heterocycles. The molecule has 0 radical (unpaired) electrons. The fourth-order valence-electron chi connectivity index (χ4n) is 2.93. The van der Waals surface area contributed by atoms with Crippen LogP contribution in [0.1, 0.15) is 27.0 Å². The van der Waals surface area contributed by atoms with Crippen LogP contribution in [0.2, 0.25) is 0 Å². The lowest BCUT2D eigenvalue weighted by Gasteiger charge is -2.21. The van der Waals surface area contributed by atoms with Gasteiger partial charge in [0.15, 0.2) is 5.82 Å². The van der Waals surface area contributed by atoms with Crippen molar-refractivity contribution in [1.29, 1.82) is 0 Å². The molecule has 0 unspecified atom stereocenters. The molecule has 0 spiro atoms. The first-order valence-electron chi connectivity index (χ1n) is 9.11. The lowest BCUT2D eigenvalue weighted by molar-refractivity contribution is 0.0951. The predicted molar refractivity (Wildman–Crippen MR) is 112 cm³/mol. The van der Waals surface area contributed by atoms with Crippen LogP contribution in [0, 0.1) is 13.8 Å². The lowest BCUT2D eigenvalue weighted by Crippen LogP contribution is -2.31. The summed E-state index contributed by atoms with van der Waals surface area (Å²) in [7, 11) is -0.813. The normalized spacial score (nSPS) is 11.3. The van der Waals surface area contributed by atoms with Gasteiger partial charge in [-0.1, -0.05) is 47.5 Å². The number of carbonyl (C=O) groups is 1. The van der Waals surface area contributed by atoms with Crippen molar-refractivity contribution >= 4 is 21.7 Å². The number of amides is 1. The molecule has 7 nitrogen and oxygen atoms in total. The monoisotopic (exact) mass is 412 g/mol. The highest BCUT2D eigenvalue weighted by Gasteiger charge is 2.28. The zero-order valence-electron chi connectivity index (χ0n) is 16.9. The van der Waals surface area contributed by atoms with Crippen molar-refractivity contribution in [3.63, 3.8) is 0 Å². The Kier molecular flexibility index (Phi) is 5.74. The van der Waals surface area contributed by atoms with E-state index in [0.717, 1.165) is 21.0 Å². The number of sulfonamides is 1. The Bertz CT molecular complexity index is 1120. The van der Waals surface area contributed by atoms with Crippen LogP contribution in [-0.2, 0) is 23.6 Å². The van der Waals surface area contributed by atoms with E-state index in [4.69, 9.17) is 0 Å². The van der Waals surface area contributed by atoms with Crippen LogP contribution in [0.15, 0.2) is 59.6 Å². The minimum atomic E-state index is -3.84. The minimum Gasteiger partial charge on any atom is -0.348 e. The molecule has 0 fully saturated rings. The van der Waals surface area contributed by atoms with E-state index < -0.39 is 10.0 Å². The Morgan fingerprint density at radius 2 is 1.59 bits per heavy atom. The van der Waals surface area contributed by atoms with E-state index in [-0.39, 0.29) is 22.2 Å². The number of hydrogen-bond acceptors (Lipinski definition) is 4. The Morgan fingerprint density at radius 3 is 2.17 bits per heavy atom. The first-order valence-corrected chi connectivity index (χ1v) is 10.6. The number of benzene rings is 2. The number of carbonyl (C=O) groups excluding carboxylic acids is 1. The molecule has 0 saturated carbocycles. The van der Waals surface area contributed by atoms with Gasteiger partial charge >= 0.3 is 0 Å². The Morgan fingerprint density at radius 1 is 1.03 bits per heavy atom. The van der Waals surface area contributed by atoms with Crippen LogP contribution in [0.4, 0.5) is 5.82 Å². The highest BCUT2D eigenvalue weighted by atomic mass is 32.2. The van der Waals surface area contributed by atoms with Crippen LogP contribution in [0.3, 0.4) is 0 Å². The number of nitrogens with one attached hydrogen (secondary N) is 1. The van der Waals surface area contributed by atoms with Gasteiger partial charge in [0.2, 0.25) is 0 Å². The SMILES string of the molecule is Cc1ccc(CNC(=O)c2cnn(C)c2N(C)S(=O)(=O)c2ccc(C)cc2)cc1. The molecule has 3 rings (SSSR count). The van der Waals surface area contributed by atoms with Gasteiger partial charge in [-0.3, -0.25) is 13.8 Å². The van der Waals surface area contributed by atoms with Crippen molar-refractivity contribution < 1.29 is 13.2 Å². The van der Waals surface area contributed by atoms with E-state index in [1.54, 1.807) is 31.3 Å².